The van der Waals surface area contributed by atoms with Crippen LogP contribution in [0.5, 0.6) is 0 Å². The molecule has 0 saturated heterocycles. The van der Waals surface area contributed by atoms with Crippen LogP contribution in [0, 0.1) is 11.3 Å². The Kier molecular flexibility index (Phi) is 8.85. The third-order valence-corrected chi connectivity index (χ3v) is 4.14. The van der Waals surface area contributed by atoms with Gasteiger partial charge in [-0.1, -0.05) is 23.4 Å². The molecule has 0 saturated carbocycles. The van der Waals surface area contributed by atoms with Crippen molar-refractivity contribution in [2.45, 2.75) is 12.6 Å². The molecule has 0 aliphatic heterocycles. The van der Waals surface area contributed by atoms with Crippen LogP contribution in [0.25, 0.3) is 11.4 Å². The number of hydrogen-bond donors (Lipinski definition) is 1. The number of carbonyl (C=O) groups excluding carboxylic acids is 1. The first-order valence-corrected chi connectivity index (χ1v) is 9.47. The molecular formula is C21H21F3N6O2. The van der Waals surface area contributed by atoms with Gasteiger partial charge in [0, 0.05) is 30.9 Å². The Labute approximate surface area is 182 Å². The van der Waals surface area contributed by atoms with Gasteiger partial charge in [0.2, 0.25) is 5.82 Å². The first kappa shape index (κ1) is 24.5. The molecule has 32 heavy (non-hydrogen) atoms. The lowest BCUT2D eigenvalue weighted by Gasteiger charge is -2.17. The Hall–Kier alpha value is -3.78. The quantitative estimate of drug-likeness (QED) is 0.434. The second-order valence-corrected chi connectivity index (χ2v) is 6.56. The maximum absolute atomic E-state index is 12.2. The van der Waals surface area contributed by atoms with Gasteiger partial charge in [-0.25, -0.2) is 4.98 Å². The van der Waals surface area contributed by atoms with Gasteiger partial charge >= 0.3 is 12.1 Å². The highest BCUT2D eigenvalue weighted by atomic mass is 19.4. The highest BCUT2D eigenvalue weighted by molar-refractivity contribution is 5.77. The summed E-state index contributed by atoms with van der Waals surface area (Å²) in [6.07, 6.45) is -1.42. The number of anilines is 1. The lowest BCUT2D eigenvalue weighted by molar-refractivity contribution is -0.159. The summed E-state index contributed by atoms with van der Waals surface area (Å²) < 4.78 is 40.7. The molecule has 1 N–H and O–H groups in total. The highest BCUT2D eigenvalue weighted by Crippen LogP contribution is 2.29. The summed E-state index contributed by atoms with van der Waals surface area (Å²) in [4.78, 5) is 20.0. The molecule has 0 atom stereocenters. The van der Waals surface area contributed by atoms with Crippen molar-refractivity contribution in [2.75, 3.05) is 32.1 Å². The van der Waals surface area contributed by atoms with Gasteiger partial charge in [0.1, 0.15) is 18.2 Å². The van der Waals surface area contributed by atoms with Crippen LogP contribution < -0.4 is 10.2 Å². The van der Waals surface area contributed by atoms with Crippen molar-refractivity contribution in [2.24, 2.45) is 0 Å². The van der Waals surface area contributed by atoms with E-state index in [-0.39, 0.29) is 11.4 Å². The van der Waals surface area contributed by atoms with E-state index in [0.29, 0.717) is 17.4 Å². The lowest BCUT2D eigenvalue weighted by atomic mass is 10.1. The van der Waals surface area contributed by atoms with Crippen LogP contribution in [0.3, 0.4) is 0 Å². The Balaban J connectivity index is 0.000000229. The minimum Gasteiger partial charge on any atom is -0.360 e. The van der Waals surface area contributed by atoms with Crippen LogP contribution in [0.15, 0.2) is 47.1 Å². The van der Waals surface area contributed by atoms with Crippen molar-refractivity contribution in [3.63, 3.8) is 0 Å². The molecule has 0 aliphatic carbocycles. The zero-order valence-corrected chi connectivity index (χ0v) is 17.4. The molecular weight excluding hydrogens is 425 g/mol. The molecule has 3 rings (SSSR count). The van der Waals surface area contributed by atoms with Gasteiger partial charge in [-0.05, 0) is 38.2 Å². The molecule has 0 bridgehead atoms. The maximum atomic E-state index is 12.2. The van der Waals surface area contributed by atoms with E-state index < -0.39 is 12.1 Å². The fourth-order valence-electron chi connectivity index (χ4n) is 2.49. The summed E-state index contributed by atoms with van der Waals surface area (Å²) in [5.41, 5.74) is 1.21. The molecule has 11 heteroatoms. The minimum atomic E-state index is -4.67. The topological polar surface area (TPSA) is 108 Å². The van der Waals surface area contributed by atoms with Gasteiger partial charge < -0.3 is 14.7 Å². The van der Waals surface area contributed by atoms with Crippen molar-refractivity contribution >= 4 is 12.1 Å². The highest BCUT2D eigenvalue weighted by Gasteiger charge is 2.38. The van der Waals surface area contributed by atoms with Crippen LogP contribution in [0.2, 0.25) is 0 Å². The molecule has 168 valence electrons. The first-order valence-electron chi connectivity index (χ1n) is 9.47. The number of nitrogens with zero attached hydrogens (tertiary/aromatic N) is 5. The number of hydrogen-bond acceptors (Lipinski definition) is 8. The van der Waals surface area contributed by atoms with E-state index in [1.165, 1.54) is 24.3 Å². The first-order chi connectivity index (χ1) is 15.3. The average Bonchev–Trinajstić information content (AvgIpc) is 3.31. The molecule has 0 radical (unpaired) electrons. The van der Waals surface area contributed by atoms with Crippen LogP contribution >= 0.6 is 0 Å². The number of halogens is 3. The summed E-state index contributed by atoms with van der Waals surface area (Å²) in [7, 11) is 3.95. The van der Waals surface area contributed by atoms with Crippen LogP contribution in [0.1, 0.15) is 28.2 Å². The summed E-state index contributed by atoms with van der Waals surface area (Å²) in [6, 6.07) is 11.6. The lowest BCUT2D eigenvalue weighted by Crippen LogP contribution is -2.22. The standard InChI is InChI=1S/C11H16N4.C10H5F3N2O2/c1-13-6-3-7-15(2)11-5-4-10(8-12)9-14-11;11-10(12,13)9-14-8(15-17-9)7-3-1-2-6(4-7)5-16/h4-5,9,13H,3,6-7H2,1-2H3;1-5H. The maximum Gasteiger partial charge on any atom is 0.471 e. The van der Waals surface area contributed by atoms with Gasteiger partial charge in [-0.2, -0.15) is 23.4 Å². The molecule has 1 aromatic carbocycles. The van der Waals surface area contributed by atoms with Crippen LogP contribution in [-0.4, -0.2) is 48.6 Å². The molecule has 3 aromatic rings. The van der Waals surface area contributed by atoms with E-state index in [1.54, 1.807) is 12.3 Å². The Morgan fingerprint density at radius 3 is 2.62 bits per heavy atom. The molecule has 0 fully saturated rings. The Morgan fingerprint density at radius 2 is 2.06 bits per heavy atom. The monoisotopic (exact) mass is 446 g/mol. The molecule has 0 amide bonds. The number of aldehydes is 1. The normalized spacial score (nSPS) is 10.6. The largest absolute Gasteiger partial charge is 0.471 e. The second kappa shape index (κ2) is 11.6. The number of aromatic nitrogens is 3. The molecule has 0 spiro atoms. The Morgan fingerprint density at radius 1 is 1.28 bits per heavy atom. The third-order valence-electron chi connectivity index (χ3n) is 4.14. The molecule has 8 nitrogen and oxygen atoms in total. The number of pyridine rings is 1. The van der Waals surface area contributed by atoms with Crippen LogP contribution in [-0.2, 0) is 6.18 Å². The van der Waals surface area contributed by atoms with Crippen molar-refractivity contribution < 1.29 is 22.5 Å². The fraction of sp³-hybridized carbons (Fsp3) is 0.286. The predicted molar refractivity (Wildman–Crippen MR) is 111 cm³/mol. The zero-order chi connectivity index (χ0) is 23.6. The van der Waals surface area contributed by atoms with Crippen LogP contribution in [0.4, 0.5) is 19.0 Å². The SMILES string of the molecule is CNCCCN(C)c1ccc(C#N)cn1.O=Cc1cccc(-c2noc(C(F)(F)F)n2)c1. The summed E-state index contributed by atoms with van der Waals surface area (Å²) in [5, 5.41) is 14.9. The van der Waals surface area contributed by atoms with Crippen molar-refractivity contribution in [3.05, 3.63) is 59.6 Å². The number of rotatable bonds is 7. The predicted octanol–water partition coefficient (Wildman–Crippen LogP) is 3.57. The molecule has 0 unspecified atom stereocenters. The average molecular weight is 446 g/mol. The van der Waals surface area contributed by atoms with Gasteiger partial charge in [0.15, 0.2) is 0 Å². The number of carbonyl (C=O) groups is 1. The van der Waals surface area contributed by atoms with Crippen molar-refractivity contribution in [3.8, 4) is 17.5 Å². The minimum absolute atomic E-state index is 0.207. The Bertz CT molecular complexity index is 1040. The fourth-order valence-corrected chi connectivity index (χ4v) is 2.49. The number of nitrogens with one attached hydrogen (secondary N) is 1. The smallest absolute Gasteiger partial charge is 0.360 e. The van der Waals surface area contributed by atoms with E-state index in [0.717, 1.165) is 25.3 Å². The van der Waals surface area contributed by atoms with Gasteiger partial charge in [-0.15, -0.1) is 0 Å². The van der Waals surface area contributed by atoms with E-state index in [1.807, 2.05) is 20.2 Å². The second-order valence-electron chi connectivity index (χ2n) is 6.56. The molecule has 2 heterocycles. The molecule has 2 aromatic heterocycles. The third kappa shape index (κ3) is 7.17. The summed E-state index contributed by atoms with van der Waals surface area (Å²) in [5.74, 6) is -0.713. The summed E-state index contributed by atoms with van der Waals surface area (Å²) in [6.45, 7) is 1.96. The number of alkyl halides is 3. The summed E-state index contributed by atoms with van der Waals surface area (Å²) >= 11 is 0. The van der Waals surface area contributed by atoms with E-state index in [2.05, 4.69) is 35.9 Å². The van der Waals surface area contributed by atoms with Gasteiger partial charge in [0.25, 0.3) is 0 Å². The van der Waals surface area contributed by atoms with Gasteiger partial charge in [-0.3, -0.25) is 4.79 Å². The van der Waals surface area contributed by atoms with E-state index in [4.69, 9.17) is 5.26 Å². The van der Waals surface area contributed by atoms with Crippen molar-refractivity contribution in [1.29, 1.82) is 5.26 Å². The van der Waals surface area contributed by atoms with Crippen molar-refractivity contribution in [1.82, 2.24) is 20.4 Å². The number of nitriles is 1. The molecule has 0 aliphatic rings. The van der Waals surface area contributed by atoms with E-state index >= 15 is 0 Å². The van der Waals surface area contributed by atoms with E-state index in [9.17, 15) is 18.0 Å². The van der Waals surface area contributed by atoms with Gasteiger partial charge in [0.05, 0.1) is 5.56 Å². The zero-order valence-electron chi connectivity index (χ0n) is 17.4. The number of benzene rings is 1.